The molecule has 0 bridgehead atoms. The second kappa shape index (κ2) is 4.77. The molecule has 0 spiro atoms. The second-order valence-corrected chi connectivity index (χ2v) is 7.07. The molecule has 1 saturated carbocycles. The van der Waals surface area contributed by atoms with E-state index in [1.165, 1.54) is 33.7 Å². The normalized spacial score (nSPS) is 18.3. The molecule has 0 amide bonds. The van der Waals surface area contributed by atoms with Gasteiger partial charge < -0.3 is 5.32 Å². The molecule has 2 aromatic rings. The number of nitrogens with one attached hydrogen (secondary N) is 1. The van der Waals surface area contributed by atoms with E-state index in [4.69, 9.17) is 0 Å². The minimum Gasteiger partial charge on any atom is -0.312 e. The molecule has 1 nitrogen and oxygen atoms in total. The maximum absolute atomic E-state index is 3.58. The molecule has 1 N–H and O–H groups in total. The molecule has 1 aliphatic rings. The zero-order chi connectivity index (χ0) is 13.5. The summed E-state index contributed by atoms with van der Waals surface area (Å²) in [6.07, 6.45) is 2.58. The largest absolute Gasteiger partial charge is 0.312 e. The third-order valence-corrected chi connectivity index (χ3v) is 5.35. The predicted molar refractivity (Wildman–Crippen MR) is 82.9 cm³/mol. The summed E-state index contributed by atoms with van der Waals surface area (Å²) in [5.74, 6) is 0. The summed E-state index contributed by atoms with van der Waals surface area (Å²) in [6.45, 7) is 4.45. The van der Waals surface area contributed by atoms with E-state index in [0.717, 1.165) is 0 Å². The second-order valence-electron chi connectivity index (χ2n) is 5.61. The summed E-state index contributed by atoms with van der Waals surface area (Å²) in [5.41, 5.74) is 3.29. The first-order valence-corrected chi connectivity index (χ1v) is 7.79. The molecule has 1 heterocycles. The highest BCUT2D eigenvalue weighted by molar-refractivity contribution is 7.12. The van der Waals surface area contributed by atoms with Crippen molar-refractivity contribution in [1.29, 1.82) is 0 Å². The molecule has 2 heteroatoms. The van der Waals surface area contributed by atoms with Crippen LogP contribution in [0.4, 0.5) is 0 Å². The van der Waals surface area contributed by atoms with Crippen LogP contribution in [0.25, 0.3) is 0 Å². The summed E-state index contributed by atoms with van der Waals surface area (Å²) in [4.78, 5) is 2.87. The Morgan fingerprint density at radius 3 is 2.32 bits per heavy atom. The van der Waals surface area contributed by atoms with Crippen molar-refractivity contribution in [3.8, 4) is 0 Å². The first-order valence-electron chi connectivity index (χ1n) is 6.97. The standard InChI is InChI=1S/C17H21NS/c1-12-11-15(13(2)19-12)16(18-3)17(9-10-17)14-7-5-4-6-8-14/h4-8,11,16,18H,9-10H2,1-3H3. The van der Waals surface area contributed by atoms with Crippen LogP contribution in [-0.2, 0) is 5.41 Å². The van der Waals surface area contributed by atoms with E-state index in [-0.39, 0.29) is 0 Å². The van der Waals surface area contributed by atoms with E-state index in [1.807, 2.05) is 11.3 Å². The average Bonchev–Trinajstić information content (AvgIpc) is 3.14. The van der Waals surface area contributed by atoms with Gasteiger partial charge in [-0.3, -0.25) is 0 Å². The van der Waals surface area contributed by atoms with Crippen molar-refractivity contribution in [2.75, 3.05) is 7.05 Å². The van der Waals surface area contributed by atoms with Gasteiger partial charge >= 0.3 is 0 Å². The Labute approximate surface area is 119 Å². The van der Waals surface area contributed by atoms with Crippen molar-refractivity contribution in [3.63, 3.8) is 0 Å². The molecular weight excluding hydrogens is 250 g/mol. The minimum atomic E-state index is 0.314. The Morgan fingerprint density at radius 2 is 1.84 bits per heavy atom. The summed E-state index contributed by atoms with van der Waals surface area (Å²) < 4.78 is 0. The van der Waals surface area contributed by atoms with Crippen LogP contribution in [-0.4, -0.2) is 7.05 Å². The van der Waals surface area contributed by atoms with Gasteiger partial charge in [-0.1, -0.05) is 30.3 Å². The van der Waals surface area contributed by atoms with Gasteiger partial charge in [0.2, 0.25) is 0 Å². The van der Waals surface area contributed by atoms with E-state index in [2.05, 4.69) is 62.6 Å². The molecule has 0 radical (unpaired) electrons. The zero-order valence-corrected chi connectivity index (χ0v) is 12.7. The lowest BCUT2D eigenvalue weighted by molar-refractivity contribution is 0.463. The van der Waals surface area contributed by atoms with Crippen molar-refractivity contribution >= 4 is 11.3 Å². The number of likely N-dealkylation sites (N-methyl/N-ethyl adjacent to an activating group) is 1. The lowest BCUT2D eigenvalue weighted by Crippen LogP contribution is -2.29. The van der Waals surface area contributed by atoms with Gasteiger partial charge in [-0.2, -0.15) is 0 Å². The predicted octanol–water partition coefficient (Wildman–Crippen LogP) is 4.36. The summed E-state index contributed by atoms with van der Waals surface area (Å²) in [5, 5.41) is 3.58. The fourth-order valence-corrected chi connectivity index (χ4v) is 4.28. The topological polar surface area (TPSA) is 12.0 Å². The highest BCUT2D eigenvalue weighted by Gasteiger charge is 2.51. The number of rotatable bonds is 4. The Balaban J connectivity index is 2.02. The van der Waals surface area contributed by atoms with Crippen LogP contribution < -0.4 is 5.32 Å². The highest BCUT2D eigenvalue weighted by atomic mass is 32.1. The monoisotopic (exact) mass is 271 g/mol. The maximum atomic E-state index is 3.58. The van der Waals surface area contributed by atoms with Crippen molar-refractivity contribution in [2.24, 2.45) is 0 Å². The van der Waals surface area contributed by atoms with Crippen LogP contribution in [0.2, 0.25) is 0 Å². The van der Waals surface area contributed by atoms with Gasteiger partial charge in [0, 0.05) is 21.2 Å². The first-order chi connectivity index (χ1) is 9.17. The minimum absolute atomic E-state index is 0.314. The van der Waals surface area contributed by atoms with E-state index in [1.54, 1.807) is 0 Å². The third-order valence-electron chi connectivity index (χ3n) is 4.37. The third kappa shape index (κ3) is 2.13. The van der Waals surface area contributed by atoms with Crippen molar-refractivity contribution in [3.05, 3.63) is 57.3 Å². The molecule has 0 saturated heterocycles. The molecule has 100 valence electrons. The van der Waals surface area contributed by atoms with Crippen LogP contribution in [0.1, 0.15) is 39.8 Å². The molecule has 1 unspecified atom stereocenters. The lowest BCUT2D eigenvalue weighted by Gasteiger charge is -2.27. The summed E-state index contributed by atoms with van der Waals surface area (Å²) in [7, 11) is 2.10. The van der Waals surface area contributed by atoms with Crippen LogP contribution in [0, 0.1) is 13.8 Å². The van der Waals surface area contributed by atoms with Crippen LogP contribution in [0.3, 0.4) is 0 Å². The Kier molecular flexibility index (Phi) is 3.23. The fraction of sp³-hybridized carbons (Fsp3) is 0.412. The molecular formula is C17H21NS. The molecule has 1 aliphatic carbocycles. The van der Waals surface area contributed by atoms with Crippen LogP contribution in [0.15, 0.2) is 36.4 Å². The van der Waals surface area contributed by atoms with E-state index < -0.39 is 0 Å². The van der Waals surface area contributed by atoms with Gasteiger partial charge in [0.15, 0.2) is 0 Å². The summed E-state index contributed by atoms with van der Waals surface area (Å²) in [6, 6.07) is 13.8. The molecule has 19 heavy (non-hydrogen) atoms. The number of hydrogen-bond acceptors (Lipinski definition) is 2. The van der Waals surface area contributed by atoms with Crippen molar-refractivity contribution < 1.29 is 0 Å². The maximum Gasteiger partial charge on any atom is 0.0426 e. The van der Waals surface area contributed by atoms with Gasteiger partial charge in [-0.25, -0.2) is 0 Å². The van der Waals surface area contributed by atoms with Crippen molar-refractivity contribution in [1.82, 2.24) is 5.32 Å². The Morgan fingerprint density at radius 1 is 1.16 bits per heavy atom. The Hall–Kier alpha value is -1.12. The summed E-state index contributed by atoms with van der Waals surface area (Å²) >= 11 is 1.91. The van der Waals surface area contributed by atoms with Gasteiger partial charge in [-0.05, 0) is 50.9 Å². The molecule has 3 rings (SSSR count). The fourth-order valence-electron chi connectivity index (χ4n) is 3.32. The smallest absolute Gasteiger partial charge is 0.0426 e. The molecule has 1 aromatic carbocycles. The van der Waals surface area contributed by atoms with Gasteiger partial charge in [-0.15, -0.1) is 11.3 Å². The van der Waals surface area contributed by atoms with E-state index >= 15 is 0 Å². The zero-order valence-electron chi connectivity index (χ0n) is 11.9. The Bertz CT molecular complexity index is 566. The number of hydrogen-bond donors (Lipinski definition) is 1. The molecule has 0 aliphatic heterocycles. The van der Waals surface area contributed by atoms with Gasteiger partial charge in [0.05, 0.1) is 0 Å². The first kappa shape index (κ1) is 12.9. The lowest BCUT2D eigenvalue weighted by atomic mass is 9.84. The number of thiophene rings is 1. The van der Waals surface area contributed by atoms with E-state index in [0.29, 0.717) is 11.5 Å². The molecule has 1 aromatic heterocycles. The van der Waals surface area contributed by atoms with Crippen molar-refractivity contribution in [2.45, 2.75) is 38.1 Å². The van der Waals surface area contributed by atoms with Crippen LogP contribution >= 0.6 is 11.3 Å². The quantitative estimate of drug-likeness (QED) is 0.871. The van der Waals surface area contributed by atoms with Gasteiger partial charge in [0.1, 0.15) is 0 Å². The SMILES string of the molecule is CNC(c1cc(C)sc1C)C1(c2ccccc2)CC1. The molecule has 1 fully saturated rings. The average molecular weight is 271 g/mol. The van der Waals surface area contributed by atoms with Crippen LogP contribution in [0.5, 0.6) is 0 Å². The highest BCUT2D eigenvalue weighted by Crippen LogP contribution is 2.57. The van der Waals surface area contributed by atoms with E-state index in [9.17, 15) is 0 Å². The molecule has 1 atom stereocenters. The van der Waals surface area contributed by atoms with Gasteiger partial charge in [0.25, 0.3) is 0 Å². The number of aryl methyl sites for hydroxylation is 2. The number of benzene rings is 1.